The zero-order valence-corrected chi connectivity index (χ0v) is 6.71. The normalized spacial score (nSPS) is 22.9. The number of hydrogen-bond donors (Lipinski definition) is 0. The minimum atomic E-state index is 1.07. The summed E-state index contributed by atoms with van der Waals surface area (Å²) in [5, 5.41) is 0. The fraction of sp³-hybridized carbons (Fsp3) is 0. The van der Waals surface area contributed by atoms with E-state index in [1.807, 2.05) is 35.9 Å². The first kappa shape index (κ1) is 6.55. The fourth-order valence-corrected chi connectivity index (χ4v) is 1.61. The molecule has 11 heavy (non-hydrogen) atoms. The van der Waals surface area contributed by atoms with Crippen LogP contribution in [0.3, 0.4) is 0 Å². The maximum absolute atomic E-state index is 4.20. The van der Waals surface area contributed by atoms with Crippen LogP contribution in [-0.4, -0.2) is 4.98 Å². The number of aromatic nitrogens is 1. The molecular formula is C9H7NS. The van der Waals surface area contributed by atoms with Crippen LogP contribution in [0.5, 0.6) is 0 Å². The summed E-state index contributed by atoms with van der Waals surface area (Å²) >= 11 is 1.66. The van der Waals surface area contributed by atoms with Gasteiger partial charge in [0.15, 0.2) is 0 Å². The molecule has 54 valence electrons. The highest BCUT2D eigenvalue weighted by Crippen LogP contribution is 2.17. The third kappa shape index (κ3) is 1.30. The lowest BCUT2D eigenvalue weighted by atomic mass is 10.2. The first-order chi connectivity index (χ1) is 5.47. The van der Waals surface area contributed by atoms with Crippen molar-refractivity contribution in [2.24, 2.45) is 0 Å². The van der Waals surface area contributed by atoms with Gasteiger partial charge >= 0.3 is 0 Å². The molecule has 0 saturated heterocycles. The van der Waals surface area contributed by atoms with Crippen LogP contribution < -0.4 is 0 Å². The predicted octanol–water partition coefficient (Wildman–Crippen LogP) is 2.74. The Balaban J connectivity index is 2.52. The Labute approximate surface area is 69.4 Å². The molecule has 2 rings (SSSR count). The lowest BCUT2D eigenvalue weighted by molar-refractivity contribution is 1.38. The Bertz CT molecular complexity index is 301. The molecule has 1 aliphatic rings. The third-order valence-electron chi connectivity index (χ3n) is 1.46. The average molecular weight is 161 g/mol. The number of thiazole rings is 1. The van der Waals surface area contributed by atoms with E-state index in [1.165, 1.54) is 4.88 Å². The SMILES string of the molecule is C1=C\C=C/c2scnc2\C=C/1. The topological polar surface area (TPSA) is 12.9 Å². The largest absolute Gasteiger partial charge is 0.245 e. The van der Waals surface area contributed by atoms with Crippen molar-refractivity contribution in [1.29, 1.82) is 0 Å². The van der Waals surface area contributed by atoms with Crippen LogP contribution in [0.25, 0.3) is 12.2 Å². The molecule has 0 aromatic carbocycles. The summed E-state index contributed by atoms with van der Waals surface area (Å²) in [6.07, 6.45) is 12.1. The van der Waals surface area contributed by atoms with E-state index < -0.39 is 0 Å². The molecule has 0 amide bonds. The molecule has 0 aliphatic heterocycles. The molecular weight excluding hydrogens is 154 g/mol. The maximum Gasteiger partial charge on any atom is 0.0812 e. The molecule has 1 nitrogen and oxygen atoms in total. The molecule has 0 N–H and O–H groups in total. The van der Waals surface area contributed by atoms with Gasteiger partial charge in [0.25, 0.3) is 0 Å². The second kappa shape index (κ2) is 2.84. The van der Waals surface area contributed by atoms with E-state index in [0.29, 0.717) is 0 Å². The quantitative estimate of drug-likeness (QED) is 0.570. The van der Waals surface area contributed by atoms with Crippen LogP contribution >= 0.6 is 11.3 Å². The molecule has 1 aromatic rings. The smallest absolute Gasteiger partial charge is 0.0812 e. The summed E-state index contributed by atoms with van der Waals surface area (Å²) in [4.78, 5) is 5.43. The maximum atomic E-state index is 4.20. The van der Waals surface area contributed by atoms with Gasteiger partial charge in [-0.3, -0.25) is 0 Å². The van der Waals surface area contributed by atoms with Gasteiger partial charge in [-0.2, -0.15) is 0 Å². The number of nitrogens with zero attached hydrogens (tertiary/aromatic N) is 1. The summed E-state index contributed by atoms with van der Waals surface area (Å²) in [5.74, 6) is 0. The highest BCUT2D eigenvalue weighted by molar-refractivity contribution is 7.10. The Morgan fingerprint density at radius 3 is 2.73 bits per heavy atom. The summed E-state index contributed by atoms with van der Waals surface area (Å²) in [7, 11) is 0. The average Bonchev–Trinajstić information content (AvgIpc) is 2.35. The van der Waals surface area contributed by atoms with E-state index >= 15 is 0 Å². The molecule has 0 atom stereocenters. The van der Waals surface area contributed by atoms with Gasteiger partial charge in [0.2, 0.25) is 0 Å². The number of fused-ring (bicyclic) bond motifs is 1. The van der Waals surface area contributed by atoms with Gasteiger partial charge in [0, 0.05) is 0 Å². The molecule has 1 aliphatic carbocycles. The zero-order valence-electron chi connectivity index (χ0n) is 5.90. The first-order valence-corrected chi connectivity index (χ1v) is 4.30. The van der Waals surface area contributed by atoms with Gasteiger partial charge in [0.05, 0.1) is 16.1 Å². The summed E-state index contributed by atoms with van der Waals surface area (Å²) in [6, 6.07) is 0. The van der Waals surface area contributed by atoms with Gasteiger partial charge in [-0.05, 0) is 12.2 Å². The van der Waals surface area contributed by atoms with Gasteiger partial charge in [-0.1, -0.05) is 24.3 Å². The summed E-state index contributed by atoms with van der Waals surface area (Å²) in [5.41, 5.74) is 2.93. The minimum absolute atomic E-state index is 1.07. The van der Waals surface area contributed by atoms with Crippen LogP contribution in [0.15, 0.2) is 29.8 Å². The van der Waals surface area contributed by atoms with Gasteiger partial charge in [-0.15, -0.1) is 11.3 Å². The van der Waals surface area contributed by atoms with Crippen LogP contribution in [0.4, 0.5) is 0 Å². The molecule has 0 unspecified atom stereocenters. The van der Waals surface area contributed by atoms with Crippen molar-refractivity contribution < 1.29 is 0 Å². The van der Waals surface area contributed by atoms with Crippen molar-refractivity contribution in [3.8, 4) is 0 Å². The molecule has 1 heterocycles. The van der Waals surface area contributed by atoms with Gasteiger partial charge < -0.3 is 0 Å². The molecule has 2 heteroatoms. The summed E-state index contributed by atoms with van der Waals surface area (Å²) in [6.45, 7) is 0. The third-order valence-corrected chi connectivity index (χ3v) is 2.27. The molecule has 0 spiro atoms. The van der Waals surface area contributed by atoms with Crippen LogP contribution in [0.2, 0.25) is 0 Å². The zero-order chi connectivity index (χ0) is 7.52. The Hall–Kier alpha value is -1.15. The first-order valence-electron chi connectivity index (χ1n) is 3.42. The van der Waals surface area contributed by atoms with Crippen molar-refractivity contribution >= 4 is 23.5 Å². The Morgan fingerprint density at radius 1 is 1.00 bits per heavy atom. The number of rotatable bonds is 0. The lowest BCUT2D eigenvalue weighted by Gasteiger charge is -1.89. The van der Waals surface area contributed by atoms with Crippen molar-refractivity contribution in [3.63, 3.8) is 0 Å². The van der Waals surface area contributed by atoms with E-state index in [1.54, 1.807) is 11.3 Å². The highest BCUT2D eigenvalue weighted by Gasteiger charge is 1.97. The Morgan fingerprint density at radius 2 is 1.82 bits per heavy atom. The second-order valence-corrected chi connectivity index (χ2v) is 3.09. The second-order valence-electron chi connectivity index (χ2n) is 2.20. The lowest BCUT2D eigenvalue weighted by Crippen LogP contribution is -1.74. The standard InChI is InChI=1S/C9H7NS/c1-2-4-6-9-8(5-3-1)10-7-11-9/h1-7H/b2-1-,3-1?,4-2?,5-3-,6-4-,8-5?,9-6?. The molecule has 0 fully saturated rings. The van der Waals surface area contributed by atoms with Gasteiger partial charge in [0.1, 0.15) is 0 Å². The van der Waals surface area contributed by atoms with E-state index in [9.17, 15) is 0 Å². The van der Waals surface area contributed by atoms with Crippen molar-refractivity contribution in [1.82, 2.24) is 4.98 Å². The van der Waals surface area contributed by atoms with Crippen molar-refractivity contribution in [2.75, 3.05) is 0 Å². The summed E-state index contributed by atoms with van der Waals surface area (Å²) < 4.78 is 0. The van der Waals surface area contributed by atoms with E-state index in [2.05, 4.69) is 11.1 Å². The molecule has 0 bridgehead atoms. The van der Waals surface area contributed by atoms with E-state index in [4.69, 9.17) is 0 Å². The van der Waals surface area contributed by atoms with Crippen molar-refractivity contribution in [2.45, 2.75) is 0 Å². The molecule has 0 radical (unpaired) electrons. The highest BCUT2D eigenvalue weighted by atomic mass is 32.1. The van der Waals surface area contributed by atoms with Crippen molar-refractivity contribution in [3.05, 3.63) is 40.4 Å². The fourth-order valence-electron chi connectivity index (χ4n) is 0.932. The molecule has 0 saturated carbocycles. The predicted molar refractivity (Wildman–Crippen MR) is 49.3 cm³/mol. The van der Waals surface area contributed by atoms with E-state index in [0.717, 1.165) is 5.69 Å². The minimum Gasteiger partial charge on any atom is -0.245 e. The van der Waals surface area contributed by atoms with E-state index in [-0.39, 0.29) is 0 Å². The van der Waals surface area contributed by atoms with Crippen LogP contribution in [0, 0.1) is 0 Å². The molecule has 1 aromatic heterocycles. The number of hydrogen-bond acceptors (Lipinski definition) is 2. The number of allylic oxidation sites excluding steroid dienone is 4. The van der Waals surface area contributed by atoms with Gasteiger partial charge in [-0.25, -0.2) is 4.98 Å². The van der Waals surface area contributed by atoms with Crippen LogP contribution in [-0.2, 0) is 0 Å². The Kier molecular flexibility index (Phi) is 1.69. The monoisotopic (exact) mass is 161 g/mol. The van der Waals surface area contributed by atoms with Crippen LogP contribution in [0.1, 0.15) is 10.6 Å².